The number of hydrogen-bond acceptors (Lipinski definition) is 11. The van der Waals surface area contributed by atoms with Crippen molar-refractivity contribution in [3.63, 3.8) is 0 Å². The Kier molecular flexibility index (Phi) is 6.80. The SMILES string of the molecule is Cc1nnc(SCC2=C(C(=O)OC(C)OC(=O)C(C)(C)C)N3C(=O)C(N)[C@H]3SC2)s1. The standard InChI is InChI=1S/C18H24N4O5S3/c1-8-20-21-17(30-8)29-7-10-6-28-14-11(19)13(23)22(14)12(10)15(24)26-9(2)27-16(25)18(3,4)5/h9,11,14H,6-7,19H2,1-5H3/t9?,11?,14-/m1/s1. The van der Waals surface area contributed by atoms with Gasteiger partial charge in [-0.2, -0.15) is 0 Å². The first kappa shape index (κ1) is 23.0. The summed E-state index contributed by atoms with van der Waals surface area (Å²) in [5.41, 5.74) is 6.08. The lowest BCUT2D eigenvalue weighted by Crippen LogP contribution is -2.68. The average molecular weight is 473 g/mol. The predicted molar refractivity (Wildman–Crippen MR) is 115 cm³/mol. The van der Waals surface area contributed by atoms with Crippen LogP contribution >= 0.6 is 34.9 Å². The van der Waals surface area contributed by atoms with Gasteiger partial charge >= 0.3 is 11.9 Å². The largest absolute Gasteiger partial charge is 0.425 e. The van der Waals surface area contributed by atoms with Crippen molar-refractivity contribution in [3.05, 3.63) is 16.3 Å². The molecule has 0 aliphatic carbocycles. The van der Waals surface area contributed by atoms with Crippen LogP contribution in [-0.4, -0.2) is 62.2 Å². The molecule has 3 rings (SSSR count). The fourth-order valence-corrected chi connectivity index (χ4v) is 5.97. The molecule has 3 atom stereocenters. The van der Waals surface area contributed by atoms with Gasteiger partial charge in [-0.1, -0.05) is 23.1 Å². The van der Waals surface area contributed by atoms with Gasteiger partial charge in [0.25, 0.3) is 0 Å². The number of aryl methyl sites for hydroxylation is 1. The molecule has 2 N–H and O–H groups in total. The Labute approximate surface area is 187 Å². The molecule has 1 aromatic rings. The summed E-state index contributed by atoms with van der Waals surface area (Å²) in [6.07, 6.45) is -1.09. The molecule has 164 valence electrons. The van der Waals surface area contributed by atoms with Crippen molar-refractivity contribution in [2.24, 2.45) is 11.1 Å². The first-order chi connectivity index (χ1) is 14.0. The summed E-state index contributed by atoms with van der Waals surface area (Å²) < 4.78 is 11.3. The van der Waals surface area contributed by atoms with Crippen LogP contribution in [0.1, 0.15) is 32.7 Å². The van der Waals surface area contributed by atoms with Crippen molar-refractivity contribution < 1.29 is 23.9 Å². The quantitative estimate of drug-likeness (QED) is 0.284. The third kappa shape index (κ3) is 4.82. The first-order valence-electron chi connectivity index (χ1n) is 9.26. The monoisotopic (exact) mass is 472 g/mol. The van der Waals surface area contributed by atoms with E-state index in [2.05, 4.69) is 10.2 Å². The number of carbonyl (C=O) groups excluding carboxylic acids is 3. The zero-order valence-electron chi connectivity index (χ0n) is 17.3. The van der Waals surface area contributed by atoms with Gasteiger partial charge in [-0.25, -0.2) is 4.79 Å². The van der Waals surface area contributed by atoms with Crippen LogP contribution < -0.4 is 5.73 Å². The molecule has 12 heteroatoms. The minimum Gasteiger partial charge on any atom is -0.425 e. The molecule has 30 heavy (non-hydrogen) atoms. The lowest BCUT2D eigenvalue weighted by atomic mass is 9.97. The summed E-state index contributed by atoms with van der Waals surface area (Å²) in [4.78, 5) is 38.8. The minimum atomic E-state index is -1.09. The van der Waals surface area contributed by atoms with Crippen LogP contribution in [0.3, 0.4) is 0 Å². The molecular formula is C18H24N4O5S3. The molecule has 0 bridgehead atoms. The highest BCUT2D eigenvalue weighted by molar-refractivity contribution is 8.01. The van der Waals surface area contributed by atoms with Gasteiger partial charge in [-0.3, -0.25) is 14.5 Å². The van der Waals surface area contributed by atoms with Crippen molar-refractivity contribution in [1.82, 2.24) is 15.1 Å². The number of fused-ring (bicyclic) bond motifs is 1. The van der Waals surface area contributed by atoms with Gasteiger partial charge in [0, 0.05) is 18.4 Å². The van der Waals surface area contributed by atoms with Crippen molar-refractivity contribution in [2.75, 3.05) is 11.5 Å². The highest BCUT2D eigenvalue weighted by atomic mass is 32.2. The Bertz CT molecular complexity index is 895. The summed E-state index contributed by atoms with van der Waals surface area (Å²) >= 11 is 4.41. The van der Waals surface area contributed by atoms with Gasteiger partial charge in [-0.15, -0.1) is 22.0 Å². The normalized spacial score (nSPS) is 22.3. The van der Waals surface area contributed by atoms with Crippen molar-refractivity contribution in [3.8, 4) is 0 Å². The summed E-state index contributed by atoms with van der Waals surface area (Å²) in [7, 11) is 0. The average Bonchev–Trinajstić information content (AvgIpc) is 3.09. The van der Waals surface area contributed by atoms with Crippen LogP contribution in [0.2, 0.25) is 0 Å². The second kappa shape index (κ2) is 8.85. The molecule has 1 aromatic heterocycles. The van der Waals surface area contributed by atoms with E-state index in [-0.39, 0.29) is 17.0 Å². The molecule has 0 spiro atoms. The fraction of sp³-hybridized carbons (Fsp3) is 0.611. The highest BCUT2D eigenvalue weighted by Gasteiger charge is 2.52. The maximum absolute atomic E-state index is 13.0. The summed E-state index contributed by atoms with van der Waals surface area (Å²) in [5.74, 6) is -0.536. The molecule has 2 aliphatic heterocycles. The van der Waals surface area contributed by atoms with Crippen LogP contribution in [0.15, 0.2) is 15.6 Å². The van der Waals surface area contributed by atoms with Gasteiger partial charge in [0.1, 0.15) is 22.1 Å². The molecule has 1 fully saturated rings. The zero-order chi connectivity index (χ0) is 22.2. The van der Waals surface area contributed by atoms with E-state index in [1.807, 2.05) is 6.92 Å². The van der Waals surface area contributed by atoms with E-state index in [0.29, 0.717) is 11.5 Å². The molecular weight excluding hydrogens is 448 g/mol. The number of esters is 2. The number of nitrogens with two attached hydrogens (primary N) is 1. The number of thioether (sulfide) groups is 2. The van der Waals surface area contributed by atoms with Gasteiger partial charge < -0.3 is 15.2 Å². The molecule has 9 nitrogen and oxygen atoms in total. The van der Waals surface area contributed by atoms with Crippen LogP contribution in [0.4, 0.5) is 0 Å². The molecule has 3 heterocycles. The van der Waals surface area contributed by atoms with E-state index in [1.165, 1.54) is 46.7 Å². The molecule has 1 amide bonds. The summed E-state index contributed by atoms with van der Waals surface area (Å²) in [5, 5.41) is 8.61. The Hall–Kier alpha value is -1.63. The number of aromatic nitrogens is 2. The smallest absolute Gasteiger partial charge is 0.358 e. The Morgan fingerprint density at radius 3 is 2.63 bits per heavy atom. The van der Waals surface area contributed by atoms with Crippen LogP contribution in [0.5, 0.6) is 0 Å². The van der Waals surface area contributed by atoms with E-state index in [1.54, 1.807) is 20.8 Å². The van der Waals surface area contributed by atoms with Gasteiger partial charge in [0.05, 0.1) is 5.41 Å². The minimum absolute atomic E-state index is 0.179. The molecule has 1 saturated heterocycles. The highest BCUT2D eigenvalue weighted by Crippen LogP contribution is 2.41. The molecule has 0 radical (unpaired) electrons. The second-order valence-corrected chi connectivity index (χ2v) is 11.4. The van der Waals surface area contributed by atoms with Crippen LogP contribution in [0.25, 0.3) is 0 Å². The third-order valence-corrected chi connectivity index (χ3v) is 7.74. The summed E-state index contributed by atoms with van der Waals surface area (Å²) in [6, 6.07) is -0.644. The van der Waals surface area contributed by atoms with Crippen molar-refractivity contribution in [1.29, 1.82) is 0 Å². The maximum atomic E-state index is 13.0. The van der Waals surface area contributed by atoms with E-state index >= 15 is 0 Å². The molecule has 0 aromatic carbocycles. The van der Waals surface area contributed by atoms with E-state index < -0.39 is 29.7 Å². The Balaban J connectivity index is 1.77. The Morgan fingerprint density at radius 1 is 1.33 bits per heavy atom. The fourth-order valence-electron chi connectivity index (χ4n) is 2.72. The maximum Gasteiger partial charge on any atom is 0.358 e. The van der Waals surface area contributed by atoms with Crippen molar-refractivity contribution in [2.45, 2.75) is 56.7 Å². The van der Waals surface area contributed by atoms with Gasteiger partial charge in [0.2, 0.25) is 12.2 Å². The van der Waals surface area contributed by atoms with Crippen LogP contribution in [0, 0.1) is 12.3 Å². The molecule has 2 aliphatic rings. The number of hydrogen-bond donors (Lipinski definition) is 1. The lowest BCUT2D eigenvalue weighted by molar-refractivity contribution is -0.189. The van der Waals surface area contributed by atoms with E-state index in [0.717, 1.165) is 14.9 Å². The lowest BCUT2D eigenvalue weighted by Gasteiger charge is -2.48. The van der Waals surface area contributed by atoms with E-state index in [9.17, 15) is 14.4 Å². The number of amides is 1. The van der Waals surface area contributed by atoms with Crippen LogP contribution in [-0.2, 0) is 23.9 Å². The molecule has 2 unspecified atom stereocenters. The summed E-state index contributed by atoms with van der Waals surface area (Å²) in [6.45, 7) is 8.46. The number of rotatable bonds is 6. The number of β-lactam (4-membered cyclic amide) rings is 1. The topological polar surface area (TPSA) is 125 Å². The molecule has 0 saturated carbocycles. The van der Waals surface area contributed by atoms with Gasteiger partial charge in [-0.05, 0) is 33.3 Å². The number of carbonyl (C=O) groups is 3. The predicted octanol–water partition coefficient (Wildman–Crippen LogP) is 1.91. The zero-order valence-corrected chi connectivity index (χ0v) is 19.8. The first-order valence-corrected chi connectivity index (χ1v) is 12.1. The third-order valence-electron chi connectivity index (χ3n) is 4.32. The Morgan fingerprint density at radius 2 is 2.03 bits per heavy atom. The van der Waals surface area contributed by atoms with E-state index in [4.69, 9.17) is 15.2 Å². The number of ether oxygens (including phenoxy) is 2. The van der Waals surface area contributed by atoms with Crippen molar-refractivity contribution >= 4 is 52.7 Å². The number of nitrogens with zero attached hydrogens (tertiary/aromatic N) is 3. The van der Waals surface area contributed by atoms with Gasteiger partial charge in [0.15, 0.2) is 4.34 Å². The second-order valence-electron chi connectivity index (χ2n) is 7.89.